The molecule has 0 fully saturated rings. The second-order valence-corrected chi connectivity index (χ2v) is 2.92. The highest BCUT2D eigenvalue weighted by atomic mass is 16.5. The van der Waals surface area contributed by atoms with Crippen LogP contribution in [0.5, 0.6) is 0 Å². The van der Waals surface area contributed by atoms with E-state index in [4.69, 9.17) is 4.74 Å². The Morgan fingerprint density at radius 1 is 1.33 bits per heavy atom. The minimum absolute atomic E-state index is 0.181. The van der Waals surface area contributed by atoms with E-state index in [0.717, 1.165) is 6.08 Å². The van der Waals surface area contributed by atoms with Gasteiger partial charge in [-0.15, -0.1) is 0 Å². The largest absolute Gasteiger partial charge is 0.463 e. The average Bonchev–Trinajstić information content (AvgIpc) is 2.13. The van der Waals surface area contributed by atoms with E-state index in [-0.39, 0.29) is 24.6 Å². The quantitative estimate of drug-likeness (QED) is 0.221. The third-order valence-corrected chi connectivity index (χ3v) is 1.27. The first-order valence-electron chi connectivity index (χ1n) is 4.55. The number of carbonyl (C=O) groups is 3. The van der Waals surface area contributed by atoms with Crippen LogP contribution in [0.25, 0.3) is 0 Å². The summed E-state index contributed by atoms with van der Waals surface area (Å²) in [6.45, 7) is 5.09. The first kappa shape index (κ1) is 13.4. The zero-order valence-corrected chi connectivity index (χ0v) is 8.98. The van der Waals surface area contributed by atoms with Crippen molar-refractivity contribution in [3.63, 3.8) is 0 Å². The molecule has 0 saturated carbocycles. The SMILES string of the molecule is CCOC(=O)/C=C(/C=O)C(=O)OC(C)C. The van der Waals surface area contributed by atoms with Gasteiger partial charge in [-0.25, -0.2) is 9.59 Å². The number of aldehydes is 1. The van der Waals surface area contributed by atoms with E-state index in [1.54, 1.807) is 20.8 Å². The molecular formula is C10H14O5. The Kier molecular flexibility index (Phi) is 6.01. The molecule has 0 rings (SSSR count). The summed E-state index contributed by atoms with van der Waals surface area (Å²) in [5.74, 6) is -1.56. The molecule has 0 radical (unpaired) electrons. The monoisotopic (exact) mass is 214 g/mol. The summed E-state index contributed by atoms with van der Waals surface area (Å²) in [5.41, 5.74) is -0.345. The van der Waals surface area contributed by atoms with Crippen LogP contribution in [0.2, 0.25) is 0 Å². The van der Waals surface area contributed by atoms with Crippen LogP contribution in [0.4, 0.5) is 0 Å². The second-order valence-electron chi connectivity index (χ2n) is 2.92. The van der Waals surface area contributed by atoms with E-state index in [1.165, 1.54) is 0 Å². The van der Waals surface area contributed by atoms with E-state index in [0.29, 0.717) is 0 Å². The lowest BCUT2D eigenvalue weighted by atomic mass is 10.3. The Morgan fingerprint density at radius 3 is 2.33 bits per heavy atom. The molecule has 84 valence electrons. The van der Waals surface area contributed by atoms with Crippen molar-refractivity contribution in [1.29, 1.82) is 0 Å². The Labute approximate surface area is 88.0 Å². The third kappa shape index (κ3) is 5.61. The standard InChI is InChI=1S/C10H14O5/c1-4-14-9(12)5-8(6-11)10(13)15-7(2)3/h5-7H,4H2,1-3H3/b8-5-. The van der Waals surface area contributed by atoms with Crippen LogP contribution < -0.4 is 0 Å². The first-order chi connectivity index (χ1) is 7.01. The number of hydrogen-bond donors (Lipinski definition) is 0. The molecule has 0 heterocycles. The number of esters is 2. The van der Waals surface area contributed by atoms with Crippen LogP contribution in [-0.4, -0.2) is 30.9 Å². The molecular weight excluding hydrogens is 200 g/mol. The van der Waals surface area contributed by atoms with Crippen molar-refractivity contribution in [1.82, 2.24) is 0 Å². The molecule has 0 unspecified atom stereocenters. The maximum atomic E-state index is 11.2. The third-order valence-electron chi connectivity index (χ3n) is 1.27. The lowest BCUT2D eigenvalue weighted by molar-refractivity contribution is -0.144. The van der Waals surface area contributed by atoms with Crippen LogP contribution >= 0.6 is 0 Å². The topological polar surface area (TPSA) is 69.7 Å². The lowest BCUT2D eigenvalue weighted by Gasteiger charge is -2.06. The van der Waals surface area contributed by atoms with Crippen molar-refractivity contribution in [3.05, 3.63) is 11.6 Å². The summed E-state index contributed by atoms with van der Waals surface area (Å²) >= 11 is 0. The zero-order valence-electron chi connectivity index (χ0n) is 8.98. The van der Waals surface area contributed by atoms with Gasteiger partial charge in [0.15, 0.2) is 6.29 Å². The van der Waals surface area contributed by atoms with Crippen molar-refractivity contribution in [2.45, 2.75) is 26.9 Å². The molecule has 0 aromatic rings. The minimum Gasteiger partial charge on any atom is -0.463 e. The molecule has 0 saturated heterocycles. The number of ether oxygens (including phenoxy) is 2. The lowest BCUT2D eigenvalue weighted by Crippen LogP contribution is -2.16. The van der Waals surface area contributed by atoms with Gasteiger partial charge in [-0.2, -0.15) is 0 Å². The first-order valence-corrected chi connectivity index (χ1v) is 4.55. The van der Waals surface area contributed by atoms with Gasteiger partial charge in [0, 0.05) is 6.08 Å². The van der Waals surface area contributed by atoms with Gasteiger partial charge < -0.3 is 9.47 Å². The predicted molar refractivity (Wildman–Crippen MR) is 52.0 cm³/mol. The van der Waals surface area contributed by atoms with E-state index in [2.05, 4.69) is 4.74 Å². The summed E-state index contributed by atoms with van der Waals surface area (Å²) in [4.78, 5) is 32.6. The van der Waals surface area contributed by atoms with Crippen molar-refractivity contribution in [2.24, 2.45) is 0 Å². The summed E-state index contributed by atoms with van der Waals surface area (Å²) in [6.07, 6.45) is 0.742. The Morgan fingerprint density at radius 2 is 1.93 bits per heavy atom. The van der Waals surface area contributed by atoms with Crippen molar-refractivity contribution in [3.8, 4) is 0 Å². The summed E-state index contributed by atoms with van der Waals surface area (Å²) in [6, 6.07) is 0. The van der Waals surface area contributed by atoms with Crippen LogP contribution in [0.15, 0.2) is 11.6 Å². The van der Waals surface area contributed by atoms with Gasteiger partial charge in [0.05, 0.1) is 12.7 Å². The average molecular weight is 214 g/mol. The molecule has 5 heteroatoms. The minimum atomic E-state index is -0.826. The summed E-state index contributed by atoms with van der Waals surface area (Å²) in [5, 5.41) is 0. The normalized spacial score (nSPS) is 11.1. The van der Waals surface area contributed by atoms with Crippen molar-refractivity contribution < 1.29 is 23.9 Å². The second kappa shape index (κ2) is 6.75. The fraction of sp³-hybridized carbons (Fsp3) is 0.500. The van der Waals surface area contributed by atoms with Crippen LogP contribution in [0, 0.1) is 0 Å². The highest BCUT2D eigenvalue weighted by Crippen LogP contribution is 1.99. The van der Waals surface area contributed by atoms with E-state index < -0.39 is 11.9 Å². The van der Waals surface area contributed by atoms with Crippen LogP contribution in [-0.2, 0) is 23.9 Å². The molecule has 0 spiro atoms. The molecule has 0 N–H and O–H groups in total. The fourth-order valence-electron chi connectivity index (χ4n) is 0.734. The van der Waals surface area contributed by atoms with Crippen LogP contribution in [0.3, 0.4) is 0 Å². The van der Waals surface area contributed by atoms with E-state index in [1.807, 2.05) is 0 Å². The molecule has 0 atom stereocenters. The Hall–Kier alpha value is -1.65. The number of hydrogen-bond acceptors (Lipinski definition) is 5. The van der Waals surface area contributed by atoms with Gasteiger partial charge in [-0.1, -0.05) is 0 Å². The number of carbonyl (C=O) groups excluding carboxylic acids is 3. The van der Waals surface area contributed by atoms with Gasteiger partial charge in [0.2, 0.25) is 0 Å². The molecule has 0 bridgehead atoms. The van der Waals surface area contributed by atoms with Crippen LogP contribution in [0.1, 0.15) is 20.8 Å². The zero-order chi connectivity index (χ0) is 11.8. The molecule has 5 nitrogen and oxygen atoms in total. The predicted octanol–water partition coefficient (Wildman–Crippen LogP) is 0.626. The smallest absolute Gasteiger partial charge is 0.341 e. The van der Waals surface area contributed by atoms with E-state index >= 15 is 0 Å². The number of rotatable bonds is 5. The highest BCUT2D eigenvalue weighted by Gasteiger charge is 2.13. The van der Waals surface area contributed by atoms with Gasteiger partial charge in [-0.3, -0.25) is 4.79 Å². The molecule has 0 aromatic carbocycles. The van der Waals surface area contributed by atoms with Gasteiger partial charge in [0.25, 0.3) is 0 Å². The van der Waals surface area contributed by atoms with Crippen molar-refractivity contribution in [2.75, 3.05) is 6.61 Å². The molecule has 0 aromatic heterocycles. The maximum absolute atomic E-state index is 11.2. The molecule has 15 heavy (non-hydrogen) atoms. The van der Waals surface area contributed by atoms with Gasteiger partial charge in [0.1, 0.15) is 5.57 Å². The fourth-order valence-corrected chi connectivity index (χ4v) is 0.734. The van der Waals surface area contributed by atoms with Gasteiger partial charge >= 0.3 is 11.9 Å². The highest BCUT2D eigenvalue weighted by molar-refractivity contribution is 6.11. The summed E-state index contributed by atoms with van der Waals surface area (Å²) < 4.78 is 9.28. The van der Waals surface area contributed by atoms with Crippen molar-refractivity contribution >= 4 is 18.2 Å². The summed E-state index contributed by atoms with van der Waals surface area (Å²) in [7, 11) is 0. The molecule has 0 amide bonds. The molecule has 0 aliphatic carbocycles. The van der Waals surface area contributed by atoms with Gasteiger partial charge in [-0.05, 0) is 20.8 Å². The molecule has 0 aliphatic rings. The Bertz CT molecular complexity index is 278. The molecule has 0 aliphatic heterocycles. The maximum Gasteiger partial charge on any atom is 0.341 e. The Balaban J connectivity index is 4.53. The van der Waals surface area contributed by atoms with E-state index in [9.17, 15) is 14.4 Å².